The van der Waals surface area contributed by atoms with Gasteiger partial charge < -0.3 is 73.8 Å². The zero-order valence-corrected chi connectivity index (χ0v) is 36.5. The van der Waals surface area contributed by atoms with E-state index in [-0.39, 0.29) is 37.5 Å². The number of carbonyl (C=O) groups excluding carboxylic acids is 11. The van der Waals surface area contributed by atoms with Crippen molar-refractivity contribution in [2.45, 2.75) is 155 Å². The molecule has 0 spiro atoms. The lowest BCUT2D eigenvalue weighted by Gasteiger charge is -2.30. The molecule has 0 bridgehead atoms. The van der Waals surface area contributed by atoms with E-state index >= 15 is 0 Å². The number of carboxylic acid groups (broad SMARTS) is 2. The molecule has 0 aromatic heterocycles. The number of carboxylic acids is 2. The molecule has 1 fully saturated rings. The summed E-state index contributed by atoms with van der Waals surface area (Å²) in [6, 6.07) is -12.7. The fraction of sp³-hybridized carbons (Fsp3) is 0.718. The Labute approximate surface area is 360 Å². The number of unbranched alkanes of at least 4 members (excludes halogenated alkanes) is 1. The highest BCUT2D eigenvalue weighted by molar-refractivity contribution is 6.00. The zero-order chi connectivity index (χ0) is 47.4. The highest BCUT2D eigenvalue weighted by Gasteiger charge is 2.37. The molecule has 23 nitrogen and oxygen atoms in total. The largest absolute Gasteiger partial charge is 0.550 e. The van der Waals surface area contributed by atoms with Gasteiger partial charge in [0.2, 0.25) is 53.2 Å². The first-order valence-electron chi connectivity index (χ1n) is 20.8. The third-order valence-electron chi connectivity index (χ3n) is 9.90. The van der Waals surface area contributed by atoms with E-state index < -0.39 is 139 Å². The van der Waals surface area contributed by atoms with Crippen LogP contribution in [-0.4, -0.2) is 120 Å². The lowest BCUT2D eigenvalue weighted by molar-refractivity contribution is -0.368. The van der Waals surface area contributed by atoms with Gasteiger partial charge in [0.05, 0.1) is 13.0 Å². The van der Waals surface area contributed by atoms with Gasteiger partial charge in [0, 0.05) is 24.8 Å². The Kier molecular flexibility index (Phi) is 23.1. The molecule has 0 saturated carbocycles. The van der Waals surface area contributed by atoms with Crippen molar-refractivity contribution in [3.63, 3.8) is 0 Å². The van der Waals surface area contributed by atoms with E-state index in [1.165, 1.54) is 6.92 Å². The topological polar surface area (TPSA) is 384 Å². The summed E-state index contributed by atoms with van der Waals surface area (Å²) in [5, 5.41) is 42.6. The van der Waals surface area contributed by atoms with Crippen LogP contribution in [0, 0.1) is 17.8 Å². The van der Waals surface area contributed by atoms with E-state index in [2.05, 4.69) is 48.3 Å². The van der Waals surface area contributed by atoms with Gasteiger partial charge in [-0.3, -0.25) is 43.2 Å². The molecule has 9 atom stereocenters. The standard InChI is InChI=1S/C39H66N10O13/c1-8-20(6)31-39(62)48-27(17-30(53)54)38(61)46-25(15-28(41)50)37(60)45-24(14-19(4)5)36(59)47-26(16-29(51)52)34(57)42-21(7)32(55)44-23(13-18(2)3)35(58)43-22(33(56)49-31)11-9-10-12-40/h18-27,31H,8-17,40H2,1-7H3,(H2,41,50)(H,42,57)(H,43,58)(H,44,55)(H,45,60)(H,46,61)(H,47,59)(H,48,62)(H,49,56)(H,51,52)(H,53,54)/p-1/t20-,21-,22-,23-,24-,25-,26-,27-,31-/m0/s1. The Balaban J connectivity index is 3.96. The molecule has 1 heterocycles. The maximum absolute atomic E-state index is 13.9. The second-order valence-corrected chi connectivity index (χ2v) is 16.4. The zero-order valence-electron chi connectivity index (χ0n) is 36.5. The molecule has 350 valence electrons. The van der Waals surface area contributed by atoms with Crippen LogP contribution in [0.5, 0.6) is 0 Å². The van der Waals surface area contributed by atoms with E-state index in [4.69, 9.17) is 5.73 Å². The van der Waals surface area contributed by atoms with Gasteiger partial charge in [-0.15, -0.1) is 0 Å². The van der Waals surface area contributed by atoms with E-state index in [9.17, 15) is 63.0 Å². The van der Waals surface area contributed by atoms with Gasteiger partial charge in [0.25, 0.3) is 0 Å². The lowest BCUT2D eigenvalue weighted by Crippen LogP contribution is -2.62. The summed E-state index contributed by atoms with van der Waals surface area (Å²) < 4.78 is 0. The number of aliphatic carboxylic acids is 2. The van der Waals surface area contributed by atoms with Gasteiger partial charge in [0.15, 0.2) is 0 Å². The smallest absolute Gasteiger partial charge is 0.243 e. The second kappa shape index (κ2) is 26.5. The third kappa shape index (κ3) is 19.2. The average molecular weight is 882 g/mol. The molecule has 1 aliphatic heterocycles. The van der Waals surface area contributed by atoms with E-state index in [0.717, 1.165) is 0 Å². The fourth-order valence-electron chi connectivity index (χ4n) is 6.35. The Bertz CT molecular complexity index is 1640. The number of amides is 9. The number of hydrogen-bond donors (Lipinski definition) is 10. The quantitative estimate of drug-likeness (QED) is 0.0646. The summed E-state index contributed by atoms with van der Waals surface area (Å²) in [4.78, 5) is 145. The Morgan fingerprint density at radius 1 is 0.548 bits per heavy atom. The van der Waals surface area contributed by atoms with Gasteiger partial charge in [0.1, 0.15) is 48.3 Å². The highest BCUT2D eigenvalue weighted by Crippen LogP contribution is 2.13. The number of carbonyl (C=O) groups is 11. The van der Waals surface area contributed by atoms with Crippen LogP contribution >= 0.6 is 0 Å². The van der Waals surface area contributed by atoms with Crippen LogP contribution in [0.3, 0.4) is 0 Å². The van der Waals surface area contributed by atoms with Crippen molar-refractivity contribution in [2.75, 3.05) is 6.54 Å². The van der Waals surface area contributed by atoms with Crippen molar-refractivity contribution in [3.05, 3.63) is 0 Å². The number of nitrogens with one attached hydrogen (secondary N) is 8. The predicted molar refractivity (Wildman–Crippen MR) is 214 cm³/mol. The fourth-order valence-corrected chi connectivity index (χ4v) is 6.35. The number of primary amides is 1. The van der Waals surface area contributed by atoms with E-state index in [1.807, 2.05) is 0 Å². The van der Waals surface area contributed by atoms with Crippen molar-refractivity contribution in [2.24, 2.45) is 23.5 Å². The first-order valence-corrected chi connectivity index (χ1v) is 20.8. The summed E-state index contributed by atoms with van der Waals surface area (Å²) in [6.07, 6.45) is -1.94. The monoisotopic (exact) mass is 881 g/mol. The first-order chi connectivity index (χ1) is 28.9. The third-order valence-corrected chi connectivity index (χ3v) is 9.90. The molecule has 0 aromatic carbocycles. The van der Waals surface area contributed by atoms with Gasteiger partial charge in [-0.2, -0.15) is 0 Å². The molecular weight excluding hydrogens is 816 g/mol. The van der Waals surface area contributed by atoms with Crippen LogP contribution in [0.25, 0.3) is 0 Å². The lowest BCUT2D eigenvalue weighted by atomic mass is 9.96. The molecule has 0 aromatic rings. The summed E-state index contributed by atoms with van der Waals surface area (Å²) >= 11 is 0. The minimum atomic E-state index is -1.96. The summed E-state index contributed by atoms with van der Waals surface area (Å²) in [5.41, 5.74) is 9.14. The maximum Gasteiger partial charge on any atom is 0.243 e. The van der Waals surface area contributed by atoms with Gasteiger partial charge in [-0.05, 0) is 56.8 Å². The minimum Gasteiger partial charge on any atom is -0.550 e. The number of hydrogen-bond acceptors (Lipinski definition) is 13. The number of nitrogens with two attached hydrogens (primary N) is 1. The van der Waals surface area contributed by atoms with Crippen LogP contribution in [0.15, 0.2) is 0 Å². The molecule has 1 rings (SSSR count). The van der Waals surface area contributed by atoms with Gasteiger partial charge >= 0.3 is 0 Å². The molecule has 0 unspecified atom stereocenters. The van der Waals surface area contributed by atoms with Crippen LogP contribution in [-0.2, 0) is 52.7 Å². The van der Waals surface area contributed by atoms with Crippen molar-refractivity contribution < 1.29 is 68.7 Å². The van der Waals surface area contributed by atoms with Crippen LogP contribution < -0.4 is 64.2 Å². The highest BCUT2D eigenvalue weighted by atomic mass is 16.4. The molecule has 1 saturated heterocycles. The molecule has 1 aliphatic rings. The number of rotatable bonds is 16. The van der Waals surface area contributed by atoms with Crippen molar-refractivity contribution in [1.29, 1.82) is 0 Å². The second-order valence-electron chi connectivity index (χ2n) is 16.4. The predicted octanol–water partition coefficient (Wildman–Crippen LogP) is -6.40. The molecular formula is C39H65N10O13-. The van der Waals surface area contributed by atoms with Gasteiger partial charge in [-0.1, -0.05) is 48.0 Å². The van der Waals surface area contributed by atoms with E-state index in [1.54, 1.807) is 41.5 Å². The SMILES string of the molecule is CC[C@H](C)[C@@H]1NC(=O)[C@H](CCCC[NH3+])NC(=O)[C@H](CC(C)C)NC(=O)[C@H](C)NC(=O)[C@H](CC(=O)[O-])NC(=O)[C@H](CC(C)C)NC(=O)[C@H](CC(N)=O)NC(=O)[C@H](CC(=O)[O-])NC1=O. The molecule has 23 heteroatoms. The van der Waals surface area contributed by atoms with Crippen molar-refractivity contribution in [3.8, 4) is 0 Å². The molecule has 62 heavy (non-hydrogen) atoms. The normalized spacial score (nSPS) is 26.0. The van der Waals surface area contributed by atoms with Crippen molar-refractivity contribution in [1.82, 2.24) is 42.5 Å². The van der Waals surface area contributed by atoms with Crippen LogP contribution in [0.2, 0.25) is 0 Å². The first kappa shape index (κ1) is 54.1. The Morgan fingerprint density at radius 2 is 0.919 bits per heavy atom. The summed E-state index contributed by atoms with van der Waals surface area (Å²) in [5.74, 6) is -14.2. The van der Waals surface area contributed by atoms with Crippen molar-refractivity contribution >= 4 is 65.1 Å². The molecule has 0 radical (unpaired) electrons. The van der Waals surface area contributed by atoms with Gasteiger partial charge in [-0.25, -0.2) is 0 Å². The Morgan fingerprint density at radius 3 is 1.34 bits per heavy atom. The van der Waals surface area contributed by atoms with Crippen LogP contribution in [0.4, 0.5) is 0 Å². The Hall–Kier alpha value is -5.87. The average Bonchev–Trinajstić information content (AvgIpc) is 3.16. The number of quaternary nitrogens is 1. The van der Waals surface area contributed by atoms with Crippen LogP contribution in [0.1, 0.15) is 106 Å². The van der Waals surface area contributed by atoms with E-state index in [0.29, 0.717) is 19.4 Å². The summed E-state index contributed by atoms with van der Waals surface area (Å²) in [6.45, 7) is 11.8. The molecule has 13 N–H and O–H groups in total. The minimum absolute atomic E-state index is 0.0534. The molecule has 0 aliphatic carbocycles. The molecule has 9 amide bonds. The maximum atomic E-state index is 13.9. The summed E-state index contributed by atoms with van der Waals surface area (Å²) in [7, 11) is 0.